The monoisotopic (exact) mass is 567 g/mol. The van der Waals surface area contributed by atoms with Crippen LogP contribution in [0.5, 0.6) is 0 Å². The van der Waals surface area contributed by atoms with Crippen LogP contribution in [0, 0.1) is 0 Å². The second-order valence-electron chi connectivity index (χ2n) is 9.61. The molecule has 13 nitrogen and oxygen atoms in total. The zero-order valence-corrected chi connectivity index (χ0v) is 23.9. The van der Waals surface area contributed by atoms with E-state index in [1.165, 1.54) is 49.4 Å². The van der Waals surface area contributed by atoms with Gasteiger partial charge < -0.3 is 29.4 Å². The van der Waals surface area contributed by atoms with Crippen LogP contribution in [0.2, 0.25) is 0 Å². The molecule has 0 amide bonds. The van der Waals surface area contributed by atoms with Crippen LogP contribution in [0.15, 0.2) is 11.1 Å². The summed E-state index contributed by atoms with van der Waals surface area (Å²) < 4.78 is 27.9. The molecule has 0 spiro atoms. The fourth-order valence-corrected chi connectivity index (χ4v) is 3.88. The summed E-state index contributed by atoms with van der Waals surface area (Å²) >= 11 is 0. The summed E-state index contributed by atoms with van der Waals surface area (Å²) in [6.45, 7) is 4.26. The molecule has 3 N–H and O–H groups in total. The molecule has 0 aliphatic heterocycles. The number of fused-ring (bicyclic) bond motifs is 1. The smallest absolute Gasteiger partial charge is 0.434 e. The molecule has 0 unspecified atom stereocenters. The van der Waals surface area contributed by atoms with Crippen LogP contribution < -0.4 is 11.3 Å². The molecule has 2 rings (SSSR count). The third-order valence-electron chi connectivity index (χ3n) is 6.15. The number of unbranched alkanes of at least 4 members (excludes halogenated alkanes) is 10. The Kier molecular flexibility index (Phi) is 16.2. The maximum atomic E-state index is 12.1. The number of aromatic amines is 1. The predicted molar refractivity (Wildman–Crippen MR) is 149 cm³/mol. The Balaban J connectivity index is 1.82. The minimum absolute atomic E-state index is 0.0660. The van der Waals surface area contributed by atoms with Gasteiger partial charge in [-0.2, -0.15) is 4.98 Å². The van der Waals surface area contributed by atoms with Gasteiger partial charge in [-0.3, -0.25) is 14.3 Å². The Morgan fingerprint density at radius 2 is 1.38 bits per heavy atom. The van der Waals surface area contributed by atoms with E-state index in [4.69, 9.17) is 29.4 Å². The molecule has 0 bridgehead atoms. The highest BCUT2D eigenvalue weighted by atomic mass is 16.7. The standard InChI is InChI=1S/C27H45N5O8/c1-3-5-7-9-11-13-15-36-26(34)38-17-21(18-39-27(35)37-16-14-12-10-8-6-4-2)40-20-32-19-29-22-23(32)30-25(28)31-24(22)33/h19,21H,3-18,20H2,1-2H3,(H3,28,30,31,33). The van der Waals surface area contributed by atoms with Gasteiger partial charge >= 0.3 is 12.3 Å². The second-order valence-corrected chi connectivity index (χ2v) is 9.61. The molecule has 0 aliphatic rings. The molecular formula is C27H45N5O8. The van der Waals surface area contributed by atoms with Crippen molar-refractivity contribution < 1.29 is 33.3 Å². The van der Waals surface area contributed by atoms with E-state index < -0.39 is 24.0 Å². The fourth-order valence-electron chi connectivity index (χ4n) is 3.88. The van der Waals surface area contributed by atoms with Gasteiger partial charge in [-0.15, -0.1) is 0 Å². The van der Waals surface area contributed by atoms with Crippen molar-refractivity contribution in [1.82, 2.24) is 19.5 Å². The van der Waals surface area contributed by atoms with Crippen molar-refractivity contribution in [3.8, 4) is 0 Å². The average molecular weight is 568 g/mol. The second kappa shape index (κ2) is 19.7. The highest BCUT2D eigenvalue weighted by Crippen LogP contribution is 2.10. The van der Waals surface area contributed by atoms with Crippen LogP contribution >= 0.6 is 0 Å². The first-order valence-electron chi connectivity index (χ1n) is 14.4. The summed E-state index contributed by atoms with van der Waals surface area (Å²) in [4.78, 5) is 46.6. The minimum Gasteiger partial charge on any atom is -0.434 e. The van der Waals surface area contributed by atoms with Gasteiger partial charge in [-0.1, -0.05) is 78.1 Å². The van der Waals surface area contributed by atoms with Crippen molar-refractivity contribution in [3.05, 3.63) is 16.7 Å². The Hall–Kier alpha value is -3.35. The lowest BCUT2D eigenvalue weighted by atomic mass is 10.1. The van der Waals surface area contributed by atoms with Gasteiger partial charge in [0.1, 0.15) is 26.0 Å². The van der Waals surface area contributed by atoms with E-state index in [0.717, 1.165) is 38.5 Å². The van der Waals surface area contributed by atoms with Crippen molar-refractivity contribution in [2.75, 3.05) is 32.2 Å². The van der Waals surface area contributed by atoms with Crippen molar-refractivity contribution in [2.24, 2.45) is 0 Å². The van der Waals surface area contributed by atoms with E-state index in [2.05, 4.69) is 28.8 Å². The van der Waals surface area contributed by atoms with Gasteiger partial charge in [-0.25, -0.2) is 14.6 Å². The van der Waals surface area contributed by atoms with E-state index >= 15 is 0 Å². The summed E-state index contributed by atoms with van der Waals surface area (Å²) in [7, 11) is 0. The largest absolute Gasteiger partial charge is 0.508 e. The first kappa shape index (κ1) is 32.9. The Morgan fingerprint density at radius 3 is 1.93 bits per heavy atom. The topological polar surface area (TPSA) is 170 Å². The summed E-state index contributed by atoms with van der Waals surface area (Å²) in [5.74, 6) is -0.0660. The van der Waals surface area contributed by atoms with Gasteiger partial charge in [0.05, 0.1) is 19.5 Å². The summed E-state index contributed by atoms with van der Waals surface area (Å²) in [6.07, 6.45) is 11.6. The quantitative estimate of drug-likeness (QED) is 0.152. The number of anilines is 1. The number of nitrogens with one attached hydrogen (secondary N) is 1. The van der Waals surface area contributed by atoms with E-state index in [1.54, 1.807) is 0 Å². The van der Waals surface area contributed by atoms with Crippen molar-refractivity contribution >= 4 is 29.4 Å². The molecule has 0 fully saturated rings. The number of nitrogen functional groups attached to an aromatic ring is 1. The molecule has 0 aliphatic carbocycles. The van der Waals surface area contributed by atoms with Crippen molar-refractivity contribution in [2.45, 2.75) is 104 Å². The number of rotatable bonds is 21. The lowest BCUT2D eigenvalue weighted by molar-refractivity contribution is -0.0712. The van der Waals surface area contributed by atoms with Crippen LogP contribution in [0.4, 0.5) is 15.5 Å². The molecule has 0 aromatic carbocycles. The zero-order valence-electron chi connectivity index (χ0n) is 23.9. The molecule has 2 aromatic heterocycles. The third-order valence-corrected chi connectivity index (χ3v) is 6.15. The first-order valence-corrected chi connectivity index (χ1v) is 14.4. The molecule has 2 aromatic rings. The Bertz CT molecular complexity index is 1020. The molecule has 40 heavy (non-hydrogen) atoms. The first-order chi connectivity index (χ1) is 19.4. The van der Waals surface area contributed by atoms with Gasteiger partial charge in [0.25, 0.3) is 5.56 Å². The van der Waals surface area contributed by atoms with Gasteiger partial charge in [-0.05, 0) is 12.8 Å². The summed E-state index contributed by atoms with van der Waals surface area (Å²) in [5.41, 5.74) is 5.48. The summed E-state index contributed by atoms with van der Waals surface area (Å²) in [5, 5.41) is 0. The molecule has 13 heteroatoms. The fraction of sp³-hybridized carbons (Fsp3) is 0.741. The number of nitrogens with zero attached hydrogens (tertiary/aromatic N) is 3. The normalized spacial score (nSPS) is 11.2. The molecule has 0 radical (unpaired) electrons. The van der Waals surface area contributed by atoms with E-state index in [-0.39, 0.29) is 50.3 Å². The lowest BCUT2D eigenvalue weighted by Gasteiger charge is -2.18. The molecule has 2 heterocycles. The number of imidazole rings is 1. The maximum Gasteiger partial charge on any atom is 0.508 e. The van der Waals surface area contributed by atoms with Crippen molar-refractivity contribution in [3.63, 3.8) is 0 Å². The van der Waals surface area contributed by atoms with E-state index in [1.807, 2.05) is 0 Å². The molecule has 226 valence electrons. The molecule has 0 saturated heterocycles. The number of nitrogens with two attached hydrogens (primary N) is 1. The lowest BCUT2D eigenvalue weighted by Crippen LogP contribution is -2.30. The third kappa shape index (κ3) is 13.1. The number of carbonyl (C=O) groups is 2. The maximum absolute atomic E-state index is 12.1. The number of hydrogen-bond donors (Lipinski definition) is 2. The zero-order chi connectivity index (χ0) is 29.0. The number of carbonyl (C=O) groups excluding carboxylic acids is 2. The van der Waals surface area contributed by atoms with Gasteiger partial charge in [0.15, 0.2) is 11.2 Å². The van der Waals surface area contributed by atoms with E-state index in [0.29, 0.717) is 0 Å². The van der Waals surface area contributed by atoms with E-state index in [9.17, 15) is 14.4 Å². The van der Waals surface area contributed by atoms with Crippen molar-refractivity contribution in [1.29, 1.82) is 0 Å². The predicted octanol–water partition coefficient (Wildman–Crippen LogP) is 5.07. The number of hydrogen-bond acceptors (Lipinski definition) is 11. The minimum atomic E-state index is -0.847. The number of H-pyrrole nitrogens is 1. The Labute approximate surface area is 235 Å². The number of ether oxygens (including phenoxy) is 5. The van der Waals surface area contributed by atoms with Crippen LogP contribution in [0.25, 0.3) is 11.2 Å². The summed E-state index contributed by atoms with van der Waals surface area (Å²) in [6, 6.07) is 0. The highest BCUT2D eigenvalue weighted by Gasteiger charge is 2.18. The highest BCUT2D eigenvalue weighted by molar-refractivity contribution is 5.70. The molecule has 0 saturated carbocycles. The Morgan fingerprint density at radius 1 is 0.850 bits per heavy atom. The van der Waals surface area contributed by atoms with Gasteiger partial charge in [0, 0.05) is 0 Å². The number of aromatic nitrogens is 4. The average Bonchev–Trinajstić information content (AvgIpc) is 3.34. The SMILES string of the molecule is CCCCCCCCOC(=O)OCC(COC(=O)OCCCCCCCC)OCn1cnc2c(=O)[nH]c(N)nc21. The van der Waals surface area contributed by atoms with Gasteiger partial charge in [0.2, 0.25) is 5.95 Å². The van der Waals surface area contributed by atoms with Crippen LogP contribution in [-0.2, 0) is 30.4 Å². The van der Waals surface area contributed by atoms with Crippen LogP contribution in [0.1, 0.15) is 90.9 Å². The van der Waals surface area contributed by atoms with Crippen LogP contribution in [-0.4, -0.2) is 64.4 Å². The molecule has 0 atom stereocenters. The van der Waals surface area contributed by atoms with Crippen LogP contribution in [0.3, 0.4) is 0 Å². The molecular weight excluding hydrogens is 522 g/mol.